The number of rotatable bonds is 3. The Morgan fingerprint density at radius 3 is 2.63 bits per heavy atom. The molecule has 1 aromatic heterocycles. The molecule has 0 amide bonds. The number of nitrogen functional groups attached to an aromatic ring is 1. The van der Waals surface area contributed by atoms with Crippen molar-refractivity contribution >= 4 is 23.0 Å². The number of benzene rings is 1. The topological polar surface area (TPSA) is 85.3 Å². The molecule has 1 aromatic carbocycles. The van der Waals surface area contributed by atoms with Crippen LogP contribution in [-0.4, -0.2) is 17.0 Å². The fourth-order valence-electron chi connectivity index (χ4n) is 1.77. The molecule has 0 saturated carbocycles. The number of nitrogens with zero attached hydrogens (tertiary/aromatic N) is 3. The van der Waals surface area contributed by atoms with Crippen LogP contribution in [0.5, 0.6) is 0 Å². The van der Waals surface area contributed by atoms with Crippen molar-refractivity contribution in [3.63, 3.8) is 0 Å². The summed E-state index contributed by atoms with van der Waals surface area (Å²) in [6, 6.07) is 10.8. The van der Waals surface area contributed by atoms with Crippen molar-refractivity contribution in [2.45, 2.75) is 6.92 Å². The Bertz CT molecular complexity index is 628. The predicted molar refractivity (Wildman–Crippen MR) is 74.5 cm³/mol. The second-order valence-electron chi connectivity index (χ2n) is 4.23. The van der Waals surface area contributed by atoms with Crippen LogP contribution in [0.1, 0.15) is 5.56 Å². The van der Waals surface area contributed by atoms with E-state index in [0.29, 0.717) is 5.82 Å². The number of pyridine rings is 1. The van der Waals surface area contributed by atoms with E-state index < -0.39 is 4.92 Å². The van der Waals surface area contributed by atoms with E-state index in [1.165, 1.54) is 6.07 Å². The number of hydrogen-bond donors (Lipinski definition) is 1. The van der Waals surface area contributed by atoms with E-state index in [1.54, 1.807) is 6.07 Å². The van der Waals surface area contributed by atoms with E-state index >= 15 is 0 Å². The summed E-state index contributed by atoms with van der Waals surface area (Å²) in [6.45, 7) is 2.00. The van der Waals surface area contributed by atoms with Gasteiger partial charge in [0.15, 0.2) is 0 Å². The van der Waals surface area contributed by atoms with Crippen LogP contribution in [0.3, 0.4) is 0 Å². The van der Waals surface area contributed by atoms with Gasteiger partial charge in [0.2, 0.25) is 5.82 Å². The highest BCUT2D eigenvalue weighted by molar-refractivity contribution is 5.64. The Kier molecular flexibility index (Phi) is 3.33. The van der Waals surface area contributed by atoms with E-state index in [-0.39, 0.29) is 11.5 Å². The fourth-order valence-corrected chi connectivity index (χ4v) is 1.77. The third-order valence-electron chi connectivity index (χ3n) is 2.82. The lowest BCUT2D eigenvalue weighted by atomic mass is 10.2. The normalized spacial score (nSPS) is 10.2. The number of aryl methyl sites for hydroxylation is 1. The lowest BCUT2D eigenvalue weighted by molar-refractivity contribution is -0.384. The van der Waals surface area contributed by atoms with Gasteiger partial charge >= 0.3 is 5.69 Å². The highest BCUT2D eigenvalue weighted by Gasteiger charge is 2.15. The van der Waals surface area contributed by atoms with Crippen LogP contribution in [0, 0.1) is 17.0 Å². The van der Waals surface area contributed by atoms with Crippen LogP contribution >= 0.6 is 0 Å². The zero-order chi connectivity index (χ0) is 14.0. The smallest absolute Gasteiger partial charge is 0.311 e. The zero-order valence-electron chi connectivity index (χ0n) is 10.7. The summed E-state index contributed by atoms with van der Waals surface area (Å²) in [4.78, 5) is 16.0. The summed E-state index contributed by atoms with van der Waals surface area (Å²) < 4.78 is 0. The van der Waals surface area contributed by atoms with Crippen LogP contribution in [0.2, 0.25) is 0 Å². The largest absolute Gasteiger partial charge is 0.378 e. The van der Waals surface area contributed by atoms with Gasteiger partial charge in [0.25, 0.3) is 0 Å². The molecule has 0 bridgehead atoms. The number of nitro groups is 1. The SMILES string of the molecule is Cc1cccc(N(C)c2ccc([N+](=O)[O-])c(N)n2)c1. The first-order valence-corrected chi connectivity index (χ1v) is 5.70. The Labute approximate surface area is 110 Å². The average Bonchev–Trinajstić information content (AvgIpc) is 2.37. The van der Waals surface area contributed by atoms with Crippen LogP contribution in [-0.2, 0) is 0 Å². The second-order valence-corrected chi connectivity index (χ2v) is 4.23. The summed E-state index contributed by atoms with van der Waals surface area (Å²) in [5.74, 6) is 0.482. The summed E-state index contributed by atoms with van der Waals surface area (Å²) >= 11 is 0. The second kappa shape index (κ2) is 4.93. The molecule has 0 spiro atoms. The molecule has 98 valence electrons. The zero-order valence-corrected chi connectivity index (χ0v) is 10.7. The van der Waals surface area contributed by atoms with E-state index in [2.05, 4.69) is 4.98 Å². The van der Waals surface area contributed by atoms with Gasteiger partial charge in [-0.3, -0.25) is 10.1 Å². The molecule has 2 rings (SSSR count). The van der Waals surface area contributed by atoms with Crippen molar-refractivity contribution in [3.05, 3.63) is 52.1 Å². The Balaban J connectivity index is 2.37. The molecular formula is C13H14N4O2. The van der Waals surface area contributed by atoms with Gasteiger partial charge in [-0.1, -0.05) is 12.1 Å². The van der Waals surface area contributed by atoms with Crippen LogP contribution in [0.25, 0.3) is 0 Å². The highest BCUT2D eigenvalue weighted by atomic mass is 16.6. The van der Waals surface area contributed by atoms with E-state index in [1.807, 2.05) is 43.1 Å². The number of aromatic nitrogens is 1. The molecule has 0 aliphatic rings. The predicted octanol–water partition coefficient (Wildman–Crippen LogP) is 2.65. The molecule has 0 aliphatic heterocycles. The first-order valence-electron chi connectivity index (χ1n) is 5.70. The molecule has 2 N–H and O–H groups in total. The first kappa shape index (κ1) is 12.8. The van der Waals surface area contributed by atoms with Gasteiger partial charge in [-0.2, -0.15) is 0 Å². The van der Waals surface area contributed by atoms with Crippen molar-refractivity contribution < 1.29 is 4.92 Å². The van der Waals surface area contributed by atoms with E-state index in [9.17, 15) is 10.1 Å². The standard InChI is InChI=1S/C13H14N4O2/c1-9-4-3-5-10(8-9)16(2)12-7-6-11(17(18)19)13(14)15-12/h3-8H,1-2H3,(H2,14,15). The Hall–Kier alpha value is -2.63. The minimum absolute atomic E-state index is 0.0815. The van der Waals surface area contributed by atoms with Gasteiger partial charge in [-0.25, -0.2) is 4.98 Å². The van der Waals surface area contributed by atoms with Gasteiger partial charge < -0.3 is 10.6 Å². The molecule has 19 heavy (non-hydrogen) atoms. The highest BCUT2D eigenvalue weighted by Crippen LogP contribution is 2.27. The maximum atomic E-state index is 10.7. The van der Waals surface area contributed by atoms with Gasteiger partial charge in [-0.15, -0.1) is 0 Å². The molecule has 6 heteroatoms. The van der Waals surface area contributed by atoms with Crippen LogP contribution < -0.4 is 10.6 Å². The van der Waals surface area contributed by atoms with Gasteiger partial charge in [0.1, 0.15) is 5.82 Å². The van der Waals surface area contributed by atoms with Gasteiger partial charge in [-0.05, 0) is 30.7 Å². The van der Waals surface area contributed by atoms with Crippen molar-refractivity contribution in [1.29, 1.82) is 0 Å². The number of anilines is 3. The Morgan fingerprint density at radius 1 is 1.32 bits per heavy atom. The van der Waals surface area contributed by atoms with Crippen molar-refractivity contribution in [2.75, 3.05) is 17.7 Å². The number of nitrogens with two attached hydrogens (primary N) is 1. The molecule has 0 radical (unpaired) electrons. The van der Waals surface area contributed by atoms with E-state index in [0.717, 1.165) is 11.3 Å². The summed E-state index contributed by atoms with van der Waals surface area (Å²) in [5, 5.41) is 10.7. The molecule has 0 fully saturated rings. The maximum absolute atomic E-state index is 10.7. The molecule has 2 aromatic rings. The average molecular weight is 258 g/mol. The molecule has 0 saturated heterocycles. The molecule has 0 atom stereocenters. The van der Waals surface area contributed by atoms with E-state index in [4.69, 9.17) is 5.73 Å². The van der Waals surface area contributed by atoms with Gasteiger partial charge in [0, 0.05) is 18.8 Å². The number of hydrogen-bond acceptors (Lipinski definition) is 5. The molecule has 0 unspecified atom stereocenters. The van der Waals surface area contributed by atoms with Crippen molar-refractivity contribution in [2.24, 2.45) is 0 Å². The third-order valence-corrected chi connectivity index (χ3v) is 2.82. The fraction of sp³-hybridized carbons (Fsp3) is 0.154. The minimum atomic E-state index is -0.543. The van der Waals surface area contributed by atoms with Crippen molar-refractivity contribution in [1.82, 2.24) is 4.98 Å². The van der Waals surface area contributed by atoms with Crippen LogP contribution in [0.4, 0.5) is 23.0 Å². The lowest BCUT2D eigenvalue weighted by Crippen LogP contribution is -2.12. The van der Waals surface area contributed by atoms with Crippen molar-refractivity contribution in [3.8, 4) is 0 Å². The quantitative estimate of drug-likeness (QED) is 0.675. The lowest BCUT2D eigenvalue weighted by Gasteiger charge is -2.18. The van der Waals surface area contributed by atoms with Crippen LogP contribution in [0.15, 0.2) is 36.4 Å². The summed E-state index contributed by atoms with van der Waals surface area (Å²) in [6.07, 6.45) is 0. The summed E-state index contributed by atoms with van der Waals surface area (Å²) in [5.41, 5.74) is 7.48. The molecule has 1 heterocycles. The minimum Gasteiger partial charge on any atom is -0.378 e. The monoisotopic (exact) mass is 258 g/mol. The van der Waals surface area contributed by atoms with Gasteiger partial charge in [0.05, 0.1) is 4.92 Å². The molecular weight excluding hydrogens is 244 g/mol. The first-order chi connectivity index (χ1) is 8.99. The maximum Gasteiger partial charge on any atom is 0.311 e. The Morgan fingerprint density at radius 2 is 2.05 bits per heavy atom. The third kappa shape index (κ3) is 2.62. The molecule has 6 nitrogen and oxygen atoms in total. The summed E-state index contributed by atoms with van der Waals surface area (Å²) in [7, 11) is 1.84. The molecule has 0 aliphatic carbocycles.